The molecule has 178 valence electrons. The number of aromatic nitrogens is 7. The first-order valence-electron chi connectivity index (χ1n) is 11.2. The van der Waals surface area contributed by atoms with Crippen LogP contribution in [0.3, 0.4) is 0 Å². The van der Waals surface area contributed by atoms with Crippen LogP contribution >= 0.6 is 11.3 Å². The third-order valence-electron chi connectivity index (χ3n) is 5.92. The molecule has 0 amide bonds. The van der Waals surface area contributed by atoms with E-state index < -0.39 is 0 Å². The Balaban J connectivity index is 0.00000267. The second-order valence-electron chi connectivity index (χ2n) is 9.41. The molecule has 36 heavy (non-hydrogen) atoms. The number of ether oxygens (including phenoxy) is 1. The van der Waals surface area contributed by atoms with Gasteiger partial charge in [-0.1, -0.05) is 26.8 Å². The van der Waals surface area contributed by atoms with Crippen molar-refractivity contribution in [1.82, 2.24) is 35.4 Å². The van der Waals surface area contributed by atoms with Gasteiger partial charge in [-0.2, -0.15) is 5.10 Å². The van der Waals surface area contributed by atoms with Crippen molar-refractivity contribution in [2.75, 3.05) is 7.11 Å². The van der Waals surface area contributed by atoms with Crippen molar-refractivity contribution in [2.24, 2.45) is 0 Å². The Bertz CT molecular complexity index is 1660. The molecule has 0 spiro atoms. The molecule has 0 saturated heterocycles. The number of methoxy groups -OCH3 is 1. The van der Waals surface area contributed by atoms with Gasteiger partial charge in [0.15, 0.2) is 10.8 Å². The Kier molecular flexibility index (Phi) is 6.46. The number of furan rings is 1. The zero-order valence-electron chi connectivity index (χ0n) is 19.7. The number of hydrogen-bond acceptors (Lipinski definition) is 8. The maximum absolute atomic E-state index is 6.12. The molecule has 0 bridgehead atoms. The Morgan fingerprint density at radius 2 is 1.97 bits per heavy atom. The molecule has 0 aliphatic heterocycles. The van der Waals surface area contributed by atoms with Gasteiger partial charge in [0.05, 0.1) is 24.9 Å². The van der Waals surface area contributed by atoms with Crippen LogP contribution in [0.1, 0.15) is 32.0 Å². The van der Waals surface area contributed by atoms with E-state index in [1.54, 1.807) is 18.4 Å². The van der Waals surface area contributed by atoms with Gasteiger partial charge in [-0.25, -0.2) is 10.1 Å². The summed E-state index contributed by atoms with van der Waals surface area (Å²) in [5.41, 5.74) is 4.64. The van der Waals surface area contributed by atoms with Crippen LogP contribution in [0.5, 0.6) is 5.75 Å². The molecule has 0 fully saturated rings. The predicted octanol–water partition coefficient (Wildman–Crippen LogP) is 4.79. The summed E-state index contributed by atoms with van der Waals surface area (Å²) in [6.45, 7) is 7.06. The van der Waals surface area contributed by atoms with Crippen molar-refractivity contribution >= 4 is 62.8 Å². The predicted molar refractivity (Wildman–Crippen MR) is 142 cm³/mol. The standard InChI is InChI=1S/C25H23N7O2S.Na.H/c1-25(2,3)21-13-35-24(26-21)20-10-15-9-14(5-8-19(15)34-20)12-32-18-7-6-16(33-4)11-17(18)22(29-32)23-27-30-31-28-23;;/h5-11,13H,12H2,1-4H3,(H,27,28,30,31);;. The Labute approximate surface area is 233 Å². The number of tetrazole rings is 1. The third-order valence-corrected chi connectivity index (χ3v) is 6.78. The van der Waals surface area contributed by atoms with Gasteiger partial charge in [0.1, 0.15) is 17.0 Å². The van der Waals surface area contributed by atoms with Gasteiger partial charge in [0.25, 0.3) is 0 Å². The Morgan fingerprint density at radius 1 is 1.11 bits per heavy atom. The van der Waals surface area contributed by atoms with Crippen LogP contribution < -0.4 is 4.74 Å². The number of fused-ring (bicyclic) bond motifs is 2. The molecule has 6 rings (SSSR count). The summed E-state index contributed by atoms with van der Waals surface area (Å²) in [5.74, 6) is 2.04. The van der Waals surface area contributed by atoms with E-state index in [-0.39, 0.29) is 35.0 Å². The molecular formula is C25H24N7NaO2S. The minimum absolute atomic E-state index is 0. The molecule has 4 heterocycles. The van der Waals surface area contributed by atoms with Crippen LogP contribution in [-0.4, -0.2) is 72.1 Å². The van der Waals surface area contributed by atoms with Crippen molar-refractivity contribution in [3.05, 3.63) is 59.1 Å². The normalized spacial score (nSPS) is 11.8. The van der Waals surface area contributed by atoms with Gasteiger partial charge in [-0.05, 0) is 52.4 Å². The van der Waals surface area contributed by atoms with Gasteiger partial charge in [-0.15, -0.1) is 16.4 Å². The SMILES string of the molecule is COc1ccc2c(c1)c(-c1nnn[nH]1)nn2Cc1ccc2oc(-c3nc(C(C)(C)C)cs3)cc2c1.[NaH]. The molecular weight excluding hydrogens is 485 g/mol. The van der Waals surface area contributed by atoms with Gasteiger partial charge >= 0.3 is 29.6 Å². The van der Waals surface area contributed by atoms with Crippen molar-refractivity contribution < 1.29 is 9.15 Å². The van der Waals surface area contributed by atoms with Gasteiger partial charge in [0, 0.05) is 21.6 Å². The first-order valence-corrected chi connectivity index (χ1v) is 12.0. The third kappa shape index (κ3) is 4.45. The summed E-state index contributed by atoms with van der Waals surface area (Å²) >= 11 is 1.61. The van der Waals surface area contributed by atoms with Crippen molar-refractivity contribution in [2.45, 2.75) is 32.7 Å². The number of thiazole rings is 1. The summed E-state index contributed by atoms with van der Waals surface area (Å²) in [6.07, 6.45) is 0. The molecule has 6 aromatic rings. The molecule has 0 aliphatic rings. The first-order chi connectivity index (χ1) is 16.9. The van der Waals surface area contributed by atoms with E-state index in [0.29, 0.717) is 18.1 Å². The van der Waals surface area contributed by atoms with Crippen molar-refractivity contribution in [1.29, 1.82) is 0 Å². The number of hydrogen-bond donors (Lipinski definition) is 1. The van der Waals surface area contributed by atoms with Crippen molar-refractivity contribution in [3.8, 4) is 28.0 Å². The first kappa shape index (κ1) is 24.6. The maximum atomic E-state index is 6.12. The summed E-state index contributed by atoms with van der Waals surface area (Å²) in [6, 6.07) is 14.1. The molecule has 11 heteroatoms. The second kappa shape index (κ2) is 9.44. The van der Waals surface area contributed by atoms with Crippen LogP contribution in [0, 0.1) is 0 Å². The molecule has 0 aliphatic carbocycles. The molecule has 0 radical (unpaired) electrons. The van der Waals surface area contributed by atoms with Crippen LogP contribution in [-0.2, 0) is 12.0 Å². The van der Waals surface area contributed by atoms with Gasteiger partial charge < -0.3 is 9.15 Å². The van der Waals surface area contributed by atoms with Crippen molar-refractivity contribution in [3.63, 3.8) is 0 Å². The number of nitrogens with one attached hydrogen (secondary N) is 1. The second-order valence-corrected chi connectivity index (χ2v) is 10.3. The van der Waals surface area contributed by atoms with Gasteiger partial charge in [0.2, 0.25) is 5.82 Å². The topological polar surface area (TPSA) is 108 Å². The fourth-order valence-electron chi connectivity index (χ4n) is 4.04. The Morgan fingerprint density at radius 3 is 2.69 bits per heavy atom. The van der Waals surface area contributed by atoms with E-state index >= 15 is 0 Å². The average Bonchev–Trinajstić information content (AvgIpc) is 3.63. The van der Waals surface area contributed by atoms with E-state index in [9.17, 15) is 0 Å². The van der Waals surface area contributed by atoms with Crippen LogP contribution in [0.15, 0.2) is 52.3 Å². The molecule has 2 aromatic carbocycles. The summed E-state index contributed by atoms with van der Waals surface area (Å²) in [5, 5.41) is 24.0. The molecule has 0 unspecified atom stereocenters. The quantitative estimate of drug-likeness (QED) is 0.333. The molecule has 9 nitrogen and oxygen atoms in total. The van der Waals surface area contributed by atoms with E-state index in [4.69, 9.17) is 19.2 Å². The monoisotopic (exact) mass is 509 g/mol. The van der Waals surface area contributed by atoms with Crippen LogP contribution in [0.25, 0.3) is 44.2 Å². The number of aromatic amines is 1. The minimum atomic E-state index is 0. The number of H-pyrrole nitrogens is 1. The van der Waals surface area contributed by atoms with E-state index in [2.05, 4.69) is 65.0 Å². The fraction of sp³-hybridized carbons (Fsp3) is 0.240. The molecule has 0 saturated carbocycles. The molecule has 4 aromatic heterocycles. The zero-order chi connectivity index (χ0) is 24.2. The number of benzene rings is 2. The van der Waals surface area contributed by atoms with Crippen LogP contribution in [0.2, 0.25) is 0 Å². The summed E-state index contributed by atoms with van der Waals surface area (Å²) in [4.78, 5) is 4.79. The van der Waals surface area contributed by atoms with Crippen LogP contribution in [0.4, 0.5) is 0 Å². The average molecular weight is 510 g/mol. The van der Waals surface area contributed by atoms with E-state index in [1.807, 2.05) is 28.9 Å². The Hall–Kier alpha value is -3.05. The van der Waals surface area contributed by atoms with E-state index in [1.165, 1.54) is 0 Å². The zero-order valence-corrected chi connectivity index (χ0v) is 20.6. The summed E-state index contributed by atoms with van der Waals surface area (Å²) in [7, 11) is 1.64. The molecule has 0 atom stereocenters. The molecule has 1 N–H and O–H groups in total. The number of nitrogens with zero attached hydrogens (tertiary/aromatic N) is 6. The number of rotatable bonds is 5. The summed E-state index contributed by atoms with van der Waals surface area (Å²) < 4.78 is 13.5. The fourth-order valence-corrected chi connectivity index (χ4v) is 5.04. The van der Waals surface area contributed by atoms with Gasteiger partial charge in [-0.3, -0.25) is 4.68 Å². The van der Waals surface area contributed by atoms with E-state index in [0.717, 1.165) is 49.6 Å².